The Bertz CT molecular complexity index is 444. The van der Waals surface area contributed by atoms with Crippen LogP contribution in [0.5, 0.6) is 0 Å². The molecule has 0 aromatic heterocycles. The monoisotopic (exact) mass is 314 g/mol. The predicted octanol–water partition coefficient (Wildman–Crippen LogP) is 2.91. The number of hydrogen-bond acceptors (Lipinski definition) is 2. The molecule has 1 aromatic carbocycles. The molecule has 2 rings (SSSR count). The summed E-state index contributed by atoms with van der Waals surface area (Å²) < 4.78 is 12.9. The Hall–Kier alpha value is -1.13. The number of carbonyl (C=O) groups is 1. The summed E-state index contributed by atoms with van der Waals surface area (Å²) in [6, 6.07) is 6.35. The van der Waals surface area contributed by atoms with Crippen molar-refractivity contribution >= 4 is 18.3 Å². The van der Waals surface area contributed by atoms with Gasteiger partial charge in [-0.25, -0.2) is 4.39 Å². The number of benzene rings is 1. The van der Waals surface area contributed by atoms with Crippen LogP contribution in [0.15, 0.2) is 24.3 Å². The summed E-state index contributed by atoms with van der Waals surface area (Å²) in [5, 5.41) is 0. The second-order valence-corrected chi connectivity index (χ2v) is 5.64. The summed E-state index contributed by atoms with van der Waals surface area (Å²) in [6.45, 7) is 2.40. The highest BCUT2D eigenvalue weighted by Gasteiger charge is 2.27. The molecule has 0 aliphatic heterocycles. The maximum atomic E-state index is 12.9. The van der Waals surface area contributed by atoms with Crippen LogP contribution in [-0.2, 0) is 11.2 Å². The predicted molar refractivity (Wildman–Crippen MR) is 85.0 cm³/mol. The van der Waals surface area contributed by atoms with E-state index in [1.165, 1.54) is 25.0 Å². The third-order valence-corrected chi connectivity index (χ3v) is 3.99. The van der Waals surface area contributed by atoms with E-state index in [0.29, 0.717) is 12.6 Å². The highest BCUT2D eigenvalue weighted by Crippen LogP contribution is 2.24. The Morgan fingerprint density at radius 1 is 1.33 bits per heavy atom. The molecule has 0 spiro atoms. The van der Waals surface area contributed by atoms with Gasteiger partial charge in [-0.3, -0.25) is 4.79 Å². The van der Waals surface area contributed by atoms with Gasteiger partial charge in [0.15, 0.2) is 0 Å². The first kappa shape index (κ1) is 17.9. The zero-order chi connectivity index (χ0) is 14.5. The first-order valence-electron chi connectivity index (χ1n) is 7.38. The topological polar surface area (TPSA) is 46.3 Å². The van der Waals surface area contributed by atoms with Crippen LogP contribution in [0.1, 0.15) is 38.2 Å². The van der Waals surface area contributed by atoms with Crippen molar-refractivity contribution in [3.8, 4) is 0 Å². The molecule has 1 aromatic rings. The van der Waals surface area contributed by atoms with Gasteiger partial charge in [-0.2, -0.15) is 0 Å². The molecule has 3 nitrogen and oxygen atoms in total. The fraction of sp³-hybridized carbons (Fsp3) is 0.562. The Morgan fingerprint density at radius 3 is 2.43 bits per heavy atom. The van der Waals surface area contributed by atoms with Crippen molar-refractivity contribution in [1.82, 2.24) is 4.90 Å². The lowest BCUT2D eigenvalue weighted by Gasteiger charge is -2.30. The van der Waals surface area contributed by atoms with Crippen LogP contribution in [0.25, 0.3) is 0 Å². The molecular weight excluding hydrogens is 291 g/mol. The molecule has 0 bridgehead atoms. The Balaban J connectivity index is 0.00000220. The van der Waals surface area contributed by atoms with Crippen LogP contribution in [0.2, 0.25) is 0 Å². The molecule has 1 saturated carbocycles. The van der Waals surface area contributed by atoms with Gasteiger partial charge in [0.25, 0.3) is 0 Å². The van der Waals surface area contributed by atoms with Gasteiger partial charge in [-0.15, -0.1) is 12.4 Å². The summed E-state index contributed by atoms with van der Waals surface area (Å²) >= 11 is 0. The highest BCUT2D eigenvalue weighted by molar-refractivity contribution is 5.85. The molecule has 1 aliphatic rings. The number of nitrogens with zero attached hydrogens (tertiary/aromatic N) is 1. The van der Waals surface area contributed by atoms with Gasteiger partial charge in [0, 0.05) is 12.6 Å². The highest BCUT2D eigenvalue weighted by atomic mass is 35.5. The molecule has 21 heavy (non-hydrogen) atoms. The van der Waals surface area contributed by atoms with Crippen molar-refractivity contribution in [2.24, 2.45) is 5.73 Å². The minimum Gasteiger partial charge on any atom is -0.338 e. The van der Waals surface area contributed by atoms with Gasteiger partial charge >= 0.3 is 0 Å². The number of nitrogens with two attached hydrogens (primary N) is 1. The van der Waals surface area contributed by atoms with Crippen molar-refractivity contribution in [3.05, 3.63) is 35.6 Å². The van der Waals surface area contributed by atoms with Crippen molar-refractivity contribution in [1.29, 1.82) is 0 Å². The van der Waals surface area contributed by atoms with Crippen LogP contribution in [0.3, 0.4) is 0 Å². The third-order valence-electron chi connectivity index (χ3n) is 3.99. The van der Waals surface area contributed by atoms with Gasteiger partial charge in [-0.05, 0) is 43.9 Å². The summed E-state index contributed by atoms with van der Waals surface area (Å²) in [5.41, 5.74) is 6.80. The number of amides is 1. The van der Waals surface area contributed by atoms with E-state index < -0.39 is 6.04 Å². The lowest BCUT2D eigenvalue weighted by molar-refractivity contribution is -0.134. The Morgan fingerprint density at radius 2 is 1.90 bits per heavy atom. The molecule has 1 amide bonds. The number of rotatable bonds is 5. The van der Waals surface area contributed by atoms with Crippen molar-refractivity contribution in [2.75, 3.05) is 6.54 Å². The minimum absolute atomic E-state index is 0. The molecule has 1 fully saturated rings. The minimum atomic E-state index is -0.455. The smallest absolute Gasteiger partial charge is 0.239 e. The van der Waals surface area contributed by atoms with Crippen LogP contribution >= 0.6 is 12.4 Å². The average Bonchev–Trinajstić information content (AvgIpc) is 2.94. The Kier molecular flexibility index (Phi) is 7.12. The molecule has 0 unspecified atom stereocenters. The van der Waals surface area contributed by atoms with Crippen molar-refractivity contribution in [3.63, 3.8) is 0 Å². The molecule has 0 saturated heterocycles. The number of carbonyl (C=O) groups excluding carboxylic acids is 1. The summed E-state index contributed by atoms with van der Waals surface area (Å²) in [6.07, 6.45) is 5.26. The first-order chi connectivity index (χ1) is 9.58. The molecule has 0 radical (unpaired) electrons. The molecular formula is C16H24ClFN2O. The van der Waals surface area contributed by atoms with E-state index in [2.05, 4.69) is 0 Å². The summed E-state index contributed by atoms with van der Waals surface area (Å²) in [5.74, 6) is -0.202. The second-order valence-electron chi connectivity index (χ2n) is 5.64. The average molecular weight is 315 g/mol. The van der Waals surface area contributed by atoms with Gasteiger partial charge < -0.3 is 10.6 Å². The maximum absolute atomic E-state index is 12.9. The summed E-state index contributed by atoms with van der Waals surface area (Å²) in [7, 11) is 0. The van der Waals surface area contributed by atoms with Gasteiger partial charge in [0.05, 0.1) is 6.04 Å². The lowest BCUT2D eigenvalue weighted by atomic mass is 10.1. The van der Waals surface area contributed by atoms with Crippen molar-refractivity contribution in [2.45, 2.75) is 51.1 Å². The molecule has 5 heteroatoms. The maximum Gasteiger partial charge on any atom is 0.239 e. The molecule has 0 heterocycles. The van der Waals surface area contributed by atoms with Gasteiger partial charge in [-0.1, -0.05) is 25.0 Å². The second kappa shape index (κ2) is 8.35. The van der Waals surface area contributed by atoms with E-state index >= 15 is 0 Å². The summed E-state index contributed by atoms with van der Waals surface area (Å²) in [4.78, 5) is 14.2. The lowest BCUT2D eigenvalue weighted by Crippen LogP contribution is -2.47. The van der Waals surface area contributed by atoms with E-state index in [9.17, 15) is 9.18 Å². The Labute approximate surface area is 132 Å². The zero-order valence-electron chi connectivity index (χ0n) is 12.4. The normalized spacial score (nSPS) is 16.3. The van der Waals surface area contributed by atoms with Gasteiger partial charge in [0.1, 0.15) is 5.82 Å². The van der Waals surface area contributed by atoms with Crippen LogP contribution in [0.4, 0.5) is 4.39 Å². The van der Waals surface area contributed by atoms with Gasteiger partial charge in [0.2, 0.25) is 5.91 Å². The largest absolute Gasteiger partial charge is 0.338 e. The van der Waals surface area contributed by atoms with E-state index in [1.807, 2.05) is 4.90 Å². The van der Waals surface area contributed by atoms with E-state index in [-0.39, 0.29) is 24.1 Å². The number of halogens is 2. The molecule has 1 atom stereocenters. The van der Waals surface area contributed by atoms with Crippen LogP contribution in [-0.4, -0.2) is 29.4 Å². The fourth-order valence-corrected chi connectivity index (χ4v) is 2.85. The third kappa shape index (κ3) is 4.97. The quantitative estimate of drug-likeness (QED) is 0.908. The van der Waals surface area contributed by atoms with E-state index in [4.69, 9.17) is 5.73 Å². The fourth-order valence-electron chi connectivity index (χ4n) is 2.85. The molecule has 1 aliphatic carbocycles. The van der Waals surface area contributed by atoms with E-state index in [0.717, 1.165) is 24.8 Å². The first-order valence-corrected chi connectivity index (χ1v) is 7.38. The van der Waals surface area contributed by atoms with E-state index in [1.54, 1.807) is 19.1 Å². The number of hydrogen-bond donors (Lipinski definition) is 1. The standard InChI is InChI=1S/C16H23FN2O.ClH/c1-12(18)16(20)19(15-4-2-3-5-15)11-10-13-6-8-14(17)9-7-13;/h6-9,12,15H,2-5,10-11,18H2,1H3;1H/t12-;/m1./s1. The van der Waals surface area contributed by atoms with Crippen molar-refractivity contribution < 1.29 is 9.18 Å². The zero-order valence-corrected chi connectivity index (χ0v) is 13.2. The molecule has 2 N–H and O–H groups in total. The van der Waals surface area contributed by atoms with Crippen LogP contribution < -0.4 is 5.73 Å². The van der Waals surface area contributed by atoms with Crippen LogP contribution in [0, 0.1) is 5.82 Å². The molecule has 118 valence electrons. The SMILES string of the molecule is C[C@@H](N)C(=O)N(CCc1ccc(F)cc1)C1CCCC1.Cl.